The Balaban J connectivity index is 1.55. The largest absolute Gasteiger partial charge is 0.459 e. The van der Waals surface area contributed by atoms with E-state index < -0.39 is 0 Å². The summed E-state index contributed by atoms with van der Waals surface area (Å²) in [5, 5.41) is 5.26. The van der Waals surface area contributed by atoms with E-state index in [0.717, 1.165) is 29.8 Å². The molecule has 7 nitrogen and oxygen atoms in total. The molecule has 35 heavy (non-hydrogen) atoms. The fraction of sp³-hybridized carbons (Fsp3) is 0.259. The van der Waals surface area contributed by atoms with Gasteiger partial charge in [-0.25, -0.2) is 4.68 Å². The molecule has 8 heteroatoms. The smallest absolute Gasteiger partial charge is 0.289 e. The van der Waals surface area contributed by atoms with Crippen LogP contribution >= 0.6 is 11.6 Å². The molecule has 5 rings (SSSR count). The number of hydrogen-bond acceptors (Lipinski definition) is 5. The monoisotopic (exact) mass is 491 g/mol. The maximum Gasteiger partial charge on any atom is 0.289 e. The van der Waals surface area contributed by atoms with Crippen molar-refractivity contribution in [1.29, 1.82) is 0 Å². The standard InChI is InChI=1S/C27H26ClN3O4/c1-19-22(18-30(17-21-11-7-15-33-21)26(32)25-14-8-16-34-25)27(35-24-13-6-5-12-23(24)28)31(29-19)20-9-3-2-4-10-20/h2-6,8-10,12-14,16,21H,7,11,15,17-18H2,1H3/t21-/m0/s1. The van der Waals surface area contributed by atoms with Crippen molar-refractivity contribution in [2.75, 3.05) is 13.2 Å². The van der Waals surface area contributed by atoms with Gasteiger partial charge in [-0.3, -0.25) is 4.79 Å². The first-order valence-electron chi connectivity index (χ1n) is 11.6. The molecule has 0 unspecified atom stereocenters. The van der Waals surface area contributed by atoms with E-state index in [1.54, 1.807) is 27.8 Å². The number of furan rings is 1. The van der Waals surface area contributed by atoms with Crippen molar-refractivity contribution in [3.8, 4) is 17.3 Å². The van der Waals surface area contributed by atoms with Crippen LogP contribution in [0.2, 0.25) is 5.02 Å². The molecule has 1 aliphatic rings. The molecule has 4 aromatic rings. The molecule has 0 bridgehead atoms. The number of aryl methyl sites for hydroxylation is 1. The number of ether oxygens (including phenoxy) is 2. The predicted molar refractivity (Wildman–Crippen MR) is 132 cm³/mol. The highest BCUT2D eigenvalue weighted by atomic mass is 35.5. The summed E-state index contributed by atoms with van der Waals surface area (Å²) < 4.78 is 19.4. The molecule has 3 heterocycles. The number of amides is 1. The van der Waals surface area contributed by atoms with Crippen molar-refractivity contribution in [1.82, 2.24) is 14.7 Å². The van der Waals surface area contributed by atoms with E-state index >= 15 is 0 Å². The molecule has 0 aliphatic carbocycles. The molecule has 1 atom stereocenters. The van der Waals surface area contributed by atoms with Crippen molar-refractivity contribution in [2.45, 2.75) is 32.4 Å². The summed E-state index contributed by atoms with van der Waals surface area (Å²) in [6.45, 7) is 3.34. The minimum absolute atomic E-state index is 0.0219. The second kappa shape index (κ2) is 10.4. The van der Waals surface area contributed by atoms with Crippen molar-refractivity contribution < 1.29 is 18.7 Å². The maximum atomic E-state index is 13.4. The lowest BCUT2D eigenvalue weighted by Gasteiger charge is -2.25. The quantitative estimate of drug-likeness (QED) is 0.300. The first-order chi connectivity index (χ1) is 17.1. The lowest BCUT2D eigenvalue weighted by molar-refractivity contribution is 0.0482. The molecule has 1 saturated heterocycles. The Hall–Kier alpha value is -3.55. The molecule has 0 radical (unpaired) electrons. The summed E-state index contributed by atoms with van der Waals surface area (Å²) in [6.07, 6.45) is 3.38. The highest BCUT2D eigenvalue weighted by Gasteiger charge is 2.29. The lowest BCUT2D eigenvalue weighted by atomic mass is 10.1. The summed E-state index contributed by atoms with van der Waals surface area (Å²) in [6, 6.07) is 20.4. The van der Waals surface area contributed by atoms with Crippen LogP contribution in [0, 0.1) is 6.92 Å². The number of para-hydroxylation sites is 2. The third kappa shape index (κ3) is 5.11. The van der Waals surface area contributed by atoms with Crippen molar-refractivity contribution >= 4 is 17.5 Å². The van der Waals surface area contributed by atoms with Gasteiger partial charge in [-0.2, -0.15) is 5.10 Å². The van der Waals surface area contributed by atoms with Crippen molar-refractivity contribution in [3.63, 3.8) is 0 Å². The van der Waals surface area contributed by atoms with E-state index in [9.17, 15) is 4.79 Å². The highest BCUT2D eigenvalue weighted by Crippen LogP contribution is 2.35. The Kier molecular flexibility index (Phi) is 6.88. The van der Waals surface area contributed by atoms with Crippen LogP contribution < -0.4 is 4.74 Å². The molecule has 1 aliphatic heterocycles. The second-order valence-electron chi connectivity index (χ2n) is 8.45. The first-order valence-corrected chi connectivity index (χ1v) is 12.0. The van der Waals surface area contributed by atoms with Crippen LogP contribution in [-0.4, -0.2) is 39.8 Å². The Labute approximate surface area is 208 Å². The number of carbonyl (C=O) groups excluding carboxylic acids is 1. The Morgan fingerprint density at radius 2 is 1.94 bits per heavy atom. The number of aromatic nitrogens is 2. The molecule has 0 spiro atoms. The highest BCUT2D eigenvalue weighted by molar-refractivity contribution is 6.32. The number of nitrogens with zero attached hydrogens (tertiary/aromatic N) is 3. The third-order valence-corrected chi connectivity index (χ3v) is 6.31. The Bertz CT molecular complexity index is 1280. The minimum Gasteiger partial charge on any atom is -0.459 e. The molecular weight excluding hydrogens is 466 g/mol. The molecular formula is C27H26ClN3O4. The SMILES string of the molecule is Cc1nn(-c2ccccc2)c(Oc2ccccc2Cl)c1CN(C[C@@H]1CCCO1)C(=O)c1ccco1. The van der Waals surface area contributed by atoms with E-state index in [-0.39, 0.29) is 24.3 Å². The van der Waals surface area contributed by atoms with Gasteiger partial charge in [0, 0.05) is 13.2 Å². The van der Waals surface area contributed by atoms with Gasteiger partial charge in [0.25, 0.3) is 5.91 Å². The second-order valence-corrected chi connectivity index (χ2v) is 8.85. The van der Waals surface area contributed by atoms with Crippen LogP contribution in [0.25, 0.3) is 5.69 Å². The van der Waals surface area contributed by atoms with Gasteiger partial charge in [0.05, 0.1) is 40.9 Å². The van der Waals surface area contributed by atoms with E-state index in [1.807, 2.05) is 55.5 Å². The number of hydrogen-bond donors (Lipinski definition) is 0. The molecule has 2 aromatic carbocycles. The van der Waals surface area contributed by atoms with Gasteiger partial charge >= 0.3 is 0 Å². The van der Waals surface area contributed by atoms with Crippen LogP contribution in [0.1, 0.15) is 34.7 Å². The van der Waals surface area contributed by atoms with Crippen LogP contribution in [0.15, 0.2) is 77.4 Å². The zero-order valence-corrected chi connectivity index (χ0v) is 20.1. The molecule has 1 amide bonds. The lowest BCUT2D eigenvalue weighted by Crippen LogP contribution is -2.37. The predicted octanol–water partition coefficient (Wildman–Crippen LogP) is 6.04. The van der Waals surface area contributed by atoms with Crippen molar-refractivity contribution in [2.24, 2.45) is 0 Å². The van der Waals surface area contributed by atoms with Crippen molar-refractivity contribution in [3.05, 3.63) is 95.0 Å². The van der Waals surface area contributed by atoms with E-state index in [1.165, 1.54) is 6.26 Å². The van der Waals surface area contributed by atoms with Crippen LogP contribution in [0.4, 0.5) is 0 Å². The summed E-state index contributed by atoms with van der Waals surface area (Å²) in [4.78, 5) is 15.1. The van der Waals surface area contributed by atoms with Gasteiger partial charge in [0.15, 0.2) is 5.76 Å². The fourth-order valence-electron chi connectivity index (χ4n) is 4.20. The molecule has 0 N–H and O–H groups in total. The summed E-state index contributed by atoms with van der Waals surface area (Å²) in [5.41, 5.74) is 2.37. The average molecular weight is 492 g/mol. The van der Waals surface area contributed by atoms with Gasteiger partial charge < -0.3 is 18.8 Å². The van der Waals surface area contributed by atoms with Gasteiger partial charge in [0.2, 0.25) is 5.88 Å². The third-order valence-electron chi connectivity index (χ3n) is 6.00. The van der Waals surface area contributed by atoms with E-state index in [0.29, 0.717) is 29.8 Å². The number of benzene rings is 2. The number of carbonyl (C=O) groups is 1. The molecule has 2 aromatic heterocycles. The molecule has 1 fully saturated rings. The first kappa shape index (κ1) is 23.2. The van der Waals surface area contributed by atoms with Gasteiger partial charge in [-0.1, -0.05) is 41.9 Å². The fourth-order valence-corrected chi connectivity index (χ4v) is 4.38. The van der Waals surface area contributed by atoms with E-state index in [4.69, 9.17) is 30.6 Å². The van der Waals surface area contributed by atoms with Gasteiger partial charge in [0.1, 0.15) is 5.75 Å². The average Bonchev–Trinajstić information content (AvgIpc) is 3.64. The number of halogens is 1. The van der Waals surface area contributed by atoms with Crippen LogP contribution in [0.3, 0.4) is 0 Å². The molecule has 0 saturated carbocycles. The minimum atomic E-state index is -0.207. The zero-order valence-electron chi connectivity index (χ0n) is 19.4. The van der Waals surface area contributed by atoms with Gasteiger partial charge in [-0.05, 0) is 56.2 Å². The topological polar surface area (TPSA) is 69.7 Å². The van der Waals surface area contributed by atoms with E-state index in [2.05, 4.69) is 0 Å². The normalized spacial score (nSPS) is 15.3. The van der Waals surface area contributed by atoms with Gasteiger partial charge in [-0.15, -0.1) is 0 Å². The molecule has 180 valence electrons. The Morgan fingerprint density at radius 3 is 2.66 bits per heavy atom. The summed E-state index contributed by atoms with van der Waals surface area (Å²) in [7, 11) is 0. The summed E-state index contributed by atoms with van der Waals surface area (Å²) in [5.74, 6) is 1.09. The zero-order chi connectivity index (χ0) is 24.2. The maximum absolute atomic E-state index is 13.4. The summed E-state index contributed by atoms with van der Waals surface area (Å²) >= 11 is 6.42. The number of rotatable bonds is 8. The van der Waals surface area contributed by atoms with Crippen LogP contribution in [0.5, 0.6) is 11.6 Å². The Morgan fingerprint density at radius 1 is 1.14 bits per heavy atom. The van der Waals surface area contributed by atoms with Crippen LogP contribution in [-0.2, 0) is 11.3 Å².